The molecule has 0 saturated carbocycles. The zero-order valence-corrected chi connectivity index (χ0v) is 7.29. The molecule has 0 N–H and O–H groups in total. The van der Waals surface area contributed by atoms with Gasteiger partial charge in [0.1, 0.15) is 0 Å². The Hall–Kier alpha value is -1.79. The molecule has 0 aliphatic carbocycles. The lowest BCUT2D eigenvalue weighted by atomic mass is 10.1. The van der Waals surface area contributed by atoms with Gasteiger partial charge in [-0.2, -0.15) is 4.39 Å². The van der Waals surface area contributed by atoms with E-state index in [0.29, 0.717) is 6.20 Å². The van der Waals surface area contributed by atoms with Crippen LogP contribution in [0.15, 0.2) is 6.20 Å². The van der Waals surface area contributed by atoms with E-state index in [1.54, 1.807) is 0 Å². The van der Waals surface area contributed by atoms with Gasteiger partial charge in [-0.1, -0.05) is 0 Å². The molecule has 0 saturated heterocycles. The smallest absolute Gasteiger partial charge is 0.225 e. The molecule has 0 fully saturated rings. The highest BCUT2D eigenvalue weighted by atomic mass is 19.2. The van der Waals surface area contributed by atoms with Crippen molar-refractivity contribution in [1.82, 2.24) is 4.98 Å². The van der Waals surface area contributed by atoms with Crippen LogP contribution in [0.3, 0.4) is 0 Å². The maximum atomic E-state index is 13.1. The molecule has 16 heavy (non-hydrogen) atoms. The molecule has 0 radical (unpaired) electrons. The Morgan fingerprint density at radius 1 is 0.688 bits per heavy atom. The number of hydrogen-bond donors (Lipinski definition) is 0. The standard InChI is InChI=1S/C9HF6N/c10-4-2-1-16-9(15)6(12)3(2)5(11)8(14)7(4)13/h1H. The number of benzene rings is 1. The Morgan fingerprint density at radius 3 is 1.88 bits per heavy atom. The highest BCUT2D eigenvalue weighted by Gasteiger charge is 2.24. The van der Waals surface area contributed by atoms with Crippen LogP contribution in [-0.2, 0) is 0 Å². The van der Waals surface area contributed by atoms with Crippen molar-refractivity contribution in [2.45, 2.75) is 0 Å². The van der Waals surface area contributed by atoms with Gasteiger partial charge in [0.05, 0.1) is 5.39 Å². The lowest BCUT2D eigenvalue weighted by Gasteiger charge is -2.05. The summed E-state index contributed by atoms with van der Waals surface area (Å²) in [4.78, 5) is 2.74. The van der Waals surface area contributed by atoms with Crippen molar-refractivity contribution in [3.05, 3.63) is 41.2 Å². The summed E-state index contributed by atoms with van der Waals surface area (Å²) in [6, 6.07) is 0. The summed E-state index contributed by atoms with van der Waals surface area (Å²) < 4.78 is 77.2. The van der Waals surface area contributed by atoms with E-state index in [2.05, 4.69) is 4.98 Å². The first-order valence-electron chi connectivity index (χ1n) is 3.90. The maximum Gasteiger partial charge on any atom is 0.249 e. The van der Waals surface area contributed by atoms with Crippen molar-refractivity contribution in [2.75, 3.05) is 0 Å². The minimum atomic E-state index is -2.20. The van der Waals surface area contributed by atoms with Crippen molar-refractivity contribution in [3.63, 3.8) is 0 Å². The van der Waals surface area contributed by atoms with Gasteiger partial charge in [0.15, 0.2) is 29.1 Å². The summed E-state index contributed by atoms with van der Waals surface area (Å²) in [5.41, 5.74) is 0. The Morgan fingerprint density at radius 2 is 1.25 bits per heavy atom. The minimum Gasteiger partial charge on any atom is -0.225 e. The van der Waals surface area contributed by atoms with Gasteiger partial charge in [0, 0.05) is 11.6 Å². The highest BCUT2D eigenvalue weighted by molar-refractivity contribution is 5.83. The Bertz CT molecular complexity index is 595. The second-order valence-corrected chi connectivity index (χ2v) is 2.91. The molecule has 0 amide bonds. The molecule has 0 aliphatic rings. The normalized spacial score (nSPS) is 11.1. The Balaban J connectivity index is 3.09. The van der Waals surface area contributed by atoms with Crippen molar-refractivity contribution < 1.29 is 26.3 Å². The van der Waals surface area contributed by atoms with E-state index in [0.717, 1.165) is 0 Å². The van der Waals surface area contributed by atoms with Gasteiger partial charge in [0.2, 0.25) is 5.95 Å². The van der Waals surface area contributed by atoms with E-state index in [9.17, 15) is 26.3 Å². The molecule has 1 nitrogen and oxygen atoms in total. The van der Waals surface area contributed by atoms with Crippen LogP contribution in [-0.4, -0.2) is 4.98 Å². The Labute approximate surface area is 84.3 Å². The van der Waals surface area contributed by atoms with E-state index >= 15 is 0 Å². The van der Waals surface area contributed by atoms with Crippen LogP contribution < -0.4 is 0 Å². The van der Waals surface area contributed by atoms with E-state index in [-0.39, 0.29) is 0 Å². The zero-order valence-electron chi connectivity index (χ0n) is 7.29. The van der Waals surface area contributed by atoms with Gasteiger partial charge >= 0.3 is 0 Å². The summed E-state index contributed by atoms with van der Waals surface area (Å²) in [7, 11) is 0. The zero-order chi connectivity index (χ0) is 12.0. The van der Waals surface area contributed by atoms with E-state index in [1.165, 1.54) is 0 Å². The lowest BCUT2D eigenvalue weighted by Crippen LogP contribution is -2.02. The summed E-state index contributed by atoms with van der Waals surface area (Å²) in [6.45, 7) is 0. The summed E-state index contributed by atoms with van der Waals surface area (Å²) >= 11 is 0. The highest BCUT2D eigenvalue weighted by Crippen LogP contribution is 2.28. The van der Waals surface area contributed by atoms with Crippen LogP contribution >= 0.6 is 0 Å². The molecular weight excluding hydrogens is 236 g/mol. The predicted octanol–water partition coefficient (Wildman–Crippen LogP) is 3.07. The van der Waals surface area contributed by atoms with Crippen LogP contribution in [0, 0.1) is 35.0 Å². The predicted molar refractivity (Wildman–Crippen MR) is 41.5 cm³/mol. The summed E-state index contributed by atoms with van der Waals surface area (Å²) in [6.07, 6.45) is 0.384. The van der Waals surface area contributed by atoms with Gasteiger partial charge in [0.25, 0.3) is 0 Å². The van der Waals surface area contributed by atoms with E-state index in [4.69, 9.17) is 0 Å². The topological polar surface area (TPSA) is 12.9 Å². The average Bonchev–Trinajstić information content (AvgIpc) is 2.27. The number of fused-ring (bicyclic) bond motifs is 1. The molecule has 2 rings (SSSR count). The molecule has 1 aromatic carbocycles. The van der Waals surface area contributed by atoms with Crippen molar-refractivity contribution in [3.8, 4) is 0 Å². The van der Waals surface area contributed by atoms with Crippen LogP contribution in [0.25, 0.3) is 10.8 Å². The molecule has 1 aromatic heterocycles. The van der Waals surface area contributed by atoms with Crippen LogP contribution in [0.2, 0.25) is 0 Å². The van der Waals surface area contributed by atoms with Gasteiger partial charge in [-0.05, 0) is 0 Å². The third kappa shape index (κ3) is 1.24. The molecule has 0 aliphatic heterocycles. The quantitative estimate of drug-likeness (QED) is 0.297. The molecule has 0 spiro atoms. The van der Waals surface area contributed by atoms with Crippen molar-refractivity contribution in [1.29, 1.82) is 0 Å². The molecule has 2 aromatic rings. The molecule has 84 valence electrons. The number of pyridine rings is 1. The van der Waals surface area contributed by atoms with Crippen molar-refractivity contribution >= 4 is 10.8 Å². The van der Waals surface area contributed by atoms with Gasteiger partial charge < -0.3 is 0 Å². The van der Waals surface area contributed by atoms with Crippen molar-refractivity contribution in [2.24, 2.45) is 0 Å². The second-order valence-electron chi connectivity index (χ2n) is 2.91. The second kappa shape index (κ2) is 3.36. The Kier molecular flexibility index (Phi) is 2.25. The van der Waals surface area contributed by atoms with Gasteiger partial charge in [-0.15, -0.1) is 0 Å². The SMILES string of the molecule is Fc1ncc2c(F)c(F)c(F)c(F)c2c1F. The third-order valence-electron chi connectivity index (χ3n) is 2.01. The van der Waals surface area contributed by atoms with E-state index < -0.39 is 45.8 Å². The first-order valence-corrected chi connectivity index (χ1v) is 3.90. The lowest BCUT2D eigenvalue weighted by molar-refractivity contribution is 0.413. The van der Waals surface area contributed by atoms with E-state index in [1.807, 2.05) is 0 Å². The first-order chi connectivity index (χ1) is 7.45. The summed E-state index contributed by atoms with van der Waals surface area (Å²) in [5.74, 6) is -11.7. The first kappa shape index (κ1) is 10.7. The number of hydrogen-bond acceptors (Lipinski definition) is 1. The number of aromatic nitrogens is 1. The van der Waals surface area contributed by atoms with Gasteiger partial charge in [-0.25, -0.2) is 26.9 Å². The van der Waals surface area contributed by atoms with Crippen LogP contribution in [0.5, 0.6) is 0 Å². The van der Waals surface area contributed by atoms with Gasteiger partial charge in [-0.3, -0.25) is 0 Å². The molecular formula is C9HF6N. The van der Waals surface area contributed by atoms with Crippen LogP contribution in [0.1, 0.15) is 0 Å². The molecule has 0 unspecified atom stereocenters. The fraction of sp³-hybridized carbons (Fsp3) is 0. The van der Waals surface area contributed by atoms with Crippen LogP contribution in [0.4, 0.5) is 26.3 Å². The molecule has 1 heterocycles. The number of rotatable bonds is 0. The number of halogens is 6. The summed E-state index contributed by atoms with van der Waals surface area (Å²) in [5, 5.41) is -2.26. The third-order valence-corrected chi connectivity index (χ3v) is 2.01. The maximum absolute atomic E-state index is 13.1. The number of nitrogens with zero attached hydrogens (tertiary/aromatic N) is 1. The fourth-order valence-corrected chi connectivity index (χ4v) is 1.27. The monoisotopic (exact) mass is 237 g/mol. The fourth-order valence-electron chi connectivity index (χ4n) is 1.27. The average molecular weight is 237 g/mol. The molecule has 0 atom stereocenters. The largest absolute Gasteiger partial charge is 0.249 e. The molecule has 7 heteroatoms. The minimum absolute atomic E-state index is 0.384. The molecule has 0 bridgehead atoms.